The van der Waals surface area contributed by atoms with E-state index in [9.17, 15) is 4.79 Å². The number of aromatic amines is 1. The van der Waals surface area contributed by atoms with Crippen LogP contribution in [0.15, 0.2) is 30.3 Å². The van der Waals surface area contributed by atoms with Crippen molar-refractivity contribution in [2.24, 2.45) is 0 Å². The average Bonchev–Trinajstić information content (AvgIpc) is 2.79. The zero-order valence-electron chi connectivity index (χ0n) is 13.0. The van der Waals surface area contributed by atoms with Crippen LogP contribution in [0.2, 0.25) is 0 Å². The number of carbonyl (C=O) groups is 1. The smallest absolute Gasteiger partial charge is 0.228 e. The van der Waals surface area contributed by atoms with Crippen molar-refractivity contribution in [1.29, 1.82) is 0 Å². The summed E-state index contributed by atoms with van der Waals surface area (Å²) in [4.78, 5) is 15.8. The molecule has 1 aliphatic rings. The van der Waals surface area contributed by atoms with Crippen molar-refractivity contribution >= 4 is 28.2 Å². The number of hydrogen-bond acceptors (Lipinski definition) is 3. The van der Waals surface area contributed by atoms with E-state index >= 15 is 0 Å². The van der Waals surface area contributed by atoms with Gasteiger partial charge < -0.3 is 20.8 Å². The van der Waals surface area contributed by atoms with E-state index in [1.807, 2.05) is 37.3 Å². The second kappa shape index (κ2) is 4.78. The van der Waals surface area contributed by atoms with Gasteiger partial charge in [0.25, 0.3) is 0 Å². The van der Waals surface area contributed by atoms with Crippen LogP contribution in [0, 0.1) is 6.92 Å². The van der Waals surface area contributed by atoms with E-state index in [0.717, 1.165) is 44.7 Å². The molecule has 0 bridgehead atoms. The number of nitrogens with two attached hydrogens (primary N) is 1. The molecule has 5 heteroatoms. The number of aromatic nitrogens is 1. The minimum Gasteiger partial charge on any atom is -0.496 e. The summed E-state index contributed by atoms with van der Waals surface area (Å²) >= 11 is 0. The van der Waals surface area contributed by atoms with Gasteiger partial charge in [0.15, 0.2) is 0 Å². The van der Waals surface area contributed by atoms with Gasteiger partial charge >= 0.3 is 0 Å². The summed E-state index contributed by atoms with van der Waals surface area (Å²) in [6.45, 7) is 1.99. The van der Waals surface area contributed by atoms with Gasteiger partial charge in [-0.15, -0.1) is 0 Å². The highest BCUT2D eigenvalue weighted by molar-refractivity contribution is 6.06. The molecule has 2 aromatic carbocycles. The number of rotatable bonds is 1. The molecule has 0 aliphatic carbocycles. The van der Waals surface area contributed by atoms with E-state index in [1.165, 1.54) is 0 Å². The Morgan fingerprint density at radius 3 is 2.83 bits per heavy atom. The van der Waals surface area contributed by atoms with Crippen LogP contribution in [0.3, 0.4) is 0 Å². The summed E-state index contributed by atoms with van der Waals surface area (Å²) < 4.78 is 5.37. The maximum atomic E-state index is 12.3. The predicted molar refractivity (Wildman–Crippen MR) is 91.8 cm³/mol. The van der Waals surface area contributed by atoms with Crippen LogP contribution >= 0.6 is 0 Å². The molecule has 0 unspecified atom stereocenters. The summed E-state index contributed by atoms with van der Waals surface area (Å²) in [7, 11) is 1.63. The molecule has 4 N–H and O–H groups in total. The molecular formula is C18H17N3O2. The number of nitrogens with one attached hydrogen (secondary N) is 2. The van der Waals surface area contributed by atoms with E-state index in [4.69, 9.17) is 10.5 Å². The average molecular weight is 307 g/mol. The molecule has 2 heterocycles. The van der Waals surface area contributed by atoms with Gasteiger partial charge in [0, 0.05) is 28.2 Å². The molecule has 0 fully saturated rings. The van der Waals surface area contributed by atoms with Crippen molar-refractivity contribution in [1.82, 2.24) is 4.98 Å². The molecule has 0 saturated heterocycles. The molecule has 0 atom stereocenters. The van der Waals surface area contributed by atoms with Gasteiger partial charge in [-0.2, -0.15) is 0 Å². The molecular weight excluding hydrogens is 290 g/mol. The fourth-order valence-corrected chi connectivity index (χ4v) is 3.25. The molecule has 4 rings (SSSR count). The largest absolute Gasteiger partial charge is 0.496 e. The van der Waals surface area contributed by atoms with Crippen LogP contribution in [-0.2, 0) is 11.2 Å². The molecule has 1 aromatic heterocycles. The van der Waals surface area contributed by atoms with Crippen LogP contribution in [0.25, 0.3) is 22.2 Å². The molecule has 23 heavy (non-hydrogen) atoms. The second-order valence-electron chi connectivity index (χ2n) is 5.88. The number of methoxy groups -OCH3 is 1. The summed E-state index contributed by atoms with van der Waals surface area (Å²) in [6, 6.07) is 9.64. The molecule has 116 valence electrons. The third-order valence-electron chi connectivity index (χ3n) is 4.35. The van der Waals surface area contributed by atoms with Crippen LogP contribution in [0.5, 0.6) is 5.75 Å². The monoisotopic (exact) mass is 307 g/mol. The SMILES string of the molecule is COc1cc2c(cc1C)-c1[nH]c3ccc(N)cc3c1CC(=O)N2. The first-order valence-corrected chi connectivity index (χ1v) is 7.46. The van der Waals surface area contributed by atoms with Crippen molar-refractivity contribution < 1.29 is 9.53 Å². The van der Waals surface area contributed by atoms with Crippen LogP contribution in [0.1, 0.15) is 11.1 Å². The Bertz CT molecular complexity index is 957. The number of nitrogen functional groups attached to an aromatic ring is 1. The van der Waals surface area contributed by atoms with Gasteiger partial charge in [0.1, 0.15) is 5.75 Å². The quantitative estimate of drug-likeness (QED) is 0.604. The van der Waals surface area contributed by atoms with E-state index in [1.54, 1.807) is 7.11 Å². The van der Waals surface area contributed by atoms with Crippen LogP contribution in [-0.4, -0.2) is 18.0 Å². The normalized spacial score (nSPS) is 13.2. The number of carbonyl (C=O) groups excluding carboxylic acids is 1. The lowest BCUT2D eigenvalue weighted by Gasteiger charge is -2.12. The Labute approximate surface area is 133 Å². The number of amides is 1. The standard InChI is InChI=1S/C18H17N3O2/c1-9-5-13-15(8-16(9)23-2)20-17(22)7-12-11-6-10(19)3-4-14(11)21-18(12)13/h3-6,8,21H,7,19H2,1-2H3,(H,20,22). The Hall–Kier alpha value is -2.95. The van der Waals surface area contributed by atoms with E-state index < -0.39 is 0 Å². The third-order valence-corrected chi connectivity index (χ3v) is 4.35. The number of anilines is 2. The summed E-state index contributed by atoms with van der Waals surface area (Å²) in [5.41, 5.74) is 12.3. The summed E-state index contributed by atoms with van der Waals surface area (Å²) in [5, 5.41) is 3.96. The van der Waals surface area contributed by atoms with Gasteiger partial charge in [-0.25, -0.2) is 0 Å². The number of ether oxygens (including phenoxy) is 1. The first-order valence-electron chi connectivity index (χ1n) is 7.46. The molecule has 0 spiro atoms. The molecule has 0 radical (unpaired) electrons. The van der Waals surface area contributed by atoms with Gasteiger partial charge in [0.05, 0.1) is 24.9 Å². The van der Waals surface area contributed by atoms with Crippen molar-refractivity contribution in [3.8, 4) is 17.0 Å². The fourth-order valence-electron chi connectivity index (χ4n) is 3.25. The highest BCUT2D eigenvalue weighted by Gasteiger charge is 2.24. The first kappa shape index (κ1) is 13.7. The topological polar surface area (TPSA) is 80.1 Å². The van der Waals surface area contributed by atoms with E-state index in [0.29, 0.717) is 12.1 Å². The van der Waals surface area contributed by atoms with Gasteiger partial charge in [-0.05, 0) is 42.3 Å². The summed E-state index contributed by atoms with van der Waals surface area (Å²) in [5.74, 6) is 0.715. The van der Waals surface area contributed by atoms with Crippen LogP contribution in [0.4, 0.5) is 11.4 Å². The molecule has 0 saturated carbocycles. The minimum atomic E-state index is -0.0424. The highest BCUT2D eigenvalue weighted by atomic mass is 16.5. The lowest BCUT2D eigenvalue weighted by atomic mass is 10.0. The Kier molecular flexibility index (Phi) is 2.84. The number of aryl methyl sites for hydroxylation is 1. The van der Waals surface area contributed by atoms with Crippen molar-refractivity contribution in [3.63, 3.8) is 0 Å². The van der Waals surface area contributed by atoms with Crippen molar-refractivity contribution in [3.05, 3.63) is 41.5 Å². The third kappa shape index (κ3) is 2.04. The molecule has 1 aliphatic heterocycles. The number of fused-ring (bicyclic) bond motifs is 5. The zero-order valence-corrected chi connectivity index (χ0v) is 13.0. The van der Waals surface area contributed by atoms with Crippen molar-refractivity contribution in [2.45, 2.75) is 13.3 Å². The predicted octanol–water partition coefficient (Wildman–Crippen LogP) is 3.23. The van der Waals surface area contributed by atoms with E-state index in [-0.39, 0.29) is 5.91 Å². The van der Waals surface area contributed by atoms with E-state index in [2.05, 4.69) is 10.3 Å². The summed E-state index contributed by atoms with van der Waals surface area (Å²) in [6.07, 6.45) is 0.314. The number of benzene rings is 2. The van der Waals surface area contributed by atoms with Crippen molar-refractivity contribution in [2.75, 3.05) is 18.2 Å². The van der Waals surface area contributed by atoms with Crippen LogP contribution < -0.4 is 15.8 Å². The first-order chi connectivity index (χ1) is 11.1. The van der Waals surface area contributed by atoms with Gasteiger partial charge in [-0.3, -0.25) is 4.79 Å². The Morgan fingerprint density at radius 1 is 1.22 bits per heavy atom. The lowest BCUT2D eigenvalue weighted by molar-refractivity contribution is -0.115. The van der Waals surface area contributed by atoms with Gasteiger partial charge in [-0.1, -0.05) is 0 Å². The minimum absolute atomic E-state index is 0.0424. The maximum absolute atomic E-state index is 12.3. The highest BCUT2D eigenvalue weighted by Crippen LogP contribution is 2.40. The Morgan fingerprint density at radius 2 is 2.04 bits per heavy atom. The Balaban J connectivity index is 2.06. The fraction of sp³-hybridized carbons (Fsp3) is 0.167. The van der Waals surface area contributed by atoms with Gasteiger partial charge in [0.2, 0.25) is 5.91 Å². The maximum Gasteiger partial charge on any atom is 0.228 e. The molecule has 5 nitrogen and oxygen atoms in total. The second-order valence-corrected chi connectivity index (χ2v) is 5.88. The molecule has 3 aromatic rings. The molecule has 1 amide bonds. The number of hydrogen-bond donors (Lipinski definition) is 3. The number of H-pyrrole nitrogens is 1. The zero-order chi connectivity index (χ0) is 16.1. The lowest BCUT2D eigenvalue weighted by Crippen LogP contribution is -2.12.